The van der Waals surface area contributed by atoms with Gasteiger partial charge in [-0.1, -0.05) is 0 Å². The van der Waals surface area contributed by atoms with Crippen LogP contribution in [0.1, 0.15) is 0 Å². The van der Waals surface area contributed by atoms with Crippen LogP contribution in [0.25, 0.3) is 0 Å². The number of hydrogen-bond donors (Lipinski definition) is 1. The van der Waals surface area contributed by atoms with Crippen LogP contribution >= 0.6 is 0 Å². The predicted octanol–water partition coefficient (Wildman–Crippen LogP) is -0.510. The van der Waals surface area contributed by atoms with Crippen LogP contribution in [-0.4, -0.2) is 49.8 Å². The average molecular weight is 255 g/mol. The molecule has 0 radical (unpaired) electrons. The molecule has 1 heterocycles. The van der Waals surface area contributed by atoms with Crippen LogP contribution in [0, 0.1) is 0 Å². The maximum Gasteiger partial charge on any atom is 0.511 e. The van der Waals surface area contributed by atoms with E-state index in [-0.39, 0.29) is 19.8 Å². The van der Waals surface area contributed by atoms with Crippen LogP contribution in [0.3, 0.4) is 0 Å². The van der Waals surface area contributed by atoms with Crippen LogP contribution in [0.5, 0.6) is 0 Å². The summed E-state index contributed by atoms with van der Waals surface area (Å²) >= 11 is 0. The number of cyclic esters (lactones) is 2. The highest BCUT2D eigenvalue weighted by molar-refractivity contribution is 5.61. The predicted molar refractivity (Wildman–Crippen MR) is 42.7 cm³/mol. The largest absolute Gasteiger partial charge is 0.546 e. The lowest BCUT2D eigenvalue weighted by molar-refractivity contribution is -0.283. The third-order valence-electron chi connectivity index (χ3n) is 1.09. The molecule has 98 valence electrons. The number of carbonyl (C=O) groups is 3. The van der Waals surface area contributed by atoms with E-state index < -0.39 is 24.8 Å². The van der Waals surface area contributed by atoms with Crippen molar-refractivity contribution in [3.63, 3.8) is 0 Å². The molecule has 0 spiro atoms. The van der Waals surface area contributed by atoms with Crippen molar-refractivity contribution in [3.8, 4) is 0 Å². The lowest BCUT2D eigenvalue weighted by atomic mass is 10.8. The first-order valence-corrected chi connectivity index (χ1v) is 4.08. The molecule has 1 fully saturated rings. The van der Waals surface area contributed by atoms with Gasteiger partial charge in [-0.25, -0.2) is 9.59 Å². The van der Waals surface area contributed by atoms with E-state index in [1.165, 1.54) is 0 Å². The molecule has 1 unspecified atom stereocenters. The van der Waals surface area contributed by atoms with Gasteiger partial charge in [-0.05, 0) is 0 Å². The van der Waals surface area contributed by atoms with Gasteiger partial charge in [-0.15, -0.1) is 0 Å². The molecule has 0 aromatic heterocycles. The molecular formula is C7H8FO9-. The Morgan fingerprint density at radius 1 is 1.47 bits per heavy atom. The minimum absolute atomic E-state index is 0.265. The number of alkyl halides is 1. The van der Waals surface area contributed by atoms with Gasteiger partial charge in [0.15, 0.2) is 6.61 Å². The molecule has 1 aliphatic rings. The van der Waals surface area contributed by atoms with Crippen molar-refractivity contribution in [1.29, 1.82) is 0 Å². The Balaban J connectivity index is 0.000000318. The zero-order chi connectivity index (χ0) is 13.3. The van der Waals surface area contributed by atoms with Crippen LogP contribution < -0.4 is 5.11 Å². The van der Waals surface area contributed by atoms with Crippen LogP contribution in [-0.2, 0) is 18.9 Å². The van der Waals surface area contributed by atoms with E-state index in [0.29, 0.717) is 0 Å². The van der Waals surface area contributed by atoms with Gasteiger partial charge in [0, 0.05) is 0 Å². The first-order chi connectivity index (χ1) is 7.91. The molecule has 1 rings (SSSR count). The van der Waals surface area contributed by atoms with Crippen molar-refractivity contribution in [1.82, 2.24) is 0 Å². The van der Waals surface area contributed by atoms with Crippen molar-refractivity contribution in [2.45, 2.75) is 6.36 Å². The molecule has 17 heavy (non-hydrogen) atoms. The van der Waals surface area contributed by atoms with E-state index in [1.54, 1.807) is 0 Å². The van der Waals surface area contributed by atoms with Gasteiger partial charge < -0.3 is 34.0 Å². The van der Waals surface area contributed by atoms with Crippen molar-refractivity contribution in [2.75, 3.05) is 19.8 Å². The first kappa shape index (κ1) is 14.7. The van der Waals surface area contributed by atoms with Gasteiger partial charge in [-0.2, -0.15) is 4.39 Å². The fourth-order valence-corrected chi connectivity index (χ4v) is 0.560. The van der Waals surface area contributed by atoms with E-state index in [9.17, 15) is 23.9 Å². The van der Waals surface area contributed by atoms with Crippen molar-refractivity contribution >= 4 is 18.5 Å². The Hall–Kier alpha value is -2.26. The smallest absolute Gasteiger partial charge is 0.511 e. The molecule has 0 aromatic rings. The summed E-state index contributed by atoms with van der Waals surface area (Å²) in [5.74, 6) is 0. The second-order valence-electron chi connectivity index (χ2n) is 2.30. The molecular weight excluding hydrogens is 247 g/mol. The summed E-state index contributed by atoms with van der Waals surface area (Å²) in [6, 6.07) is 0. The quantitative estimate of drug-likeness (QED) is 0.402. The number of hydrogen-bond acceptors (Lipinski definition) is 8. The Bertz CT molecular complexity index is 263. The molecule has 0 aromatic carbocycles. The standard InChI is InChI=1S/C4H6O6.C3H3FO3/c5-3(6)9-1-2-10-4(7)8;4-2-1-6-3(5)7-2/h1-2H2,(H,5,6)(H,7,8);2H,1H2/p-1. The molecule has 1 N–H and O–H groups in total. The second-order valence-corrected chi connectivity index (χ2v) is 2.30. The van der Waals surface area contributed by atoms with Crippen LogP contribution in [0.15, 0.2) is 0 Å². The lowest BCUT2D eigenvalue weighted by Crippen LogP contribution is -2.25. The number of carboxylic acid groups (broad SMARTS) is 2. The number of halogens is 1. The fourth-order valence-electron chi connectivity index (χ4n) is 0.560. The SMILES string of the molecule is O=C([O-])OCCOC(=O)O.O=C1OCC(F)O1. The van der Waals surface area contributed by atoms with Gasteiger partial charge in [0.2, 0.25) is 0 Å². The zero-order valence-corrected chi connectivity index (χ0v) is 8.29. The topological polar surface area (TPSA) is 131 Å². The number of carbonyl (C=O) groups excluding carboxylic acids is 2. The Morgan fingerprint density at radius 3 is 2.35 bits per heavy atom. The Kier molecular flexibility index (Phi) is 6.90. The summed E-state index contributed by atoms with van der Waals surface area (Å²) in [6.45, 7) is -0.920. The summed E-state index contributed by atoms with van der Waals surface area (Å²) in [4.78, 5) is 28.9. The molecule has 1 atom stereocenters. The summed E-state index contributed by atoms with van der Waals surface area (Å²) < 4.78 is 27.2. The molecule has 0 saturated carbocycles. The van der Waals surface area contributed by atoms with E-state index in [4.69, 9.17) is 5.11 Å². The lowest BCUT2D eigenvalue weighted by Gasteiger charge is -2.05. The highest BCUT2D eigenvalue weighted by atomic mass is 19.1. The normalized spacial score (nSPS) is 17.0. The van der Waals surface area contributed by atoms with Crippen molar-refractivity contribution in [3.05, 3.63) is 0 Å². The Morgan fingerprint density at radius 2 is 2.06 bits per heavy atom. The highest BCUT2D eigenvalue weighted by Crippen LogP contribution is 2.05. The fraction of sp³-hybridized carbons (Fsp3) is 0.571. The second kappa shape index (κ2) is 7.96. The minimum Gasteiger partial charge on any atom is -0.546 e. The van der Waals surface area contributed by atoms with E-state index >= 15 is 0 Å². The number of rotatable bonds is 3. The molecule has 0 aliphatic carbocycles. The van der Waals surface area contributed by atoms with Gasteiger partial charge >= 0.3 is 12.3 Å². The molecule has 0 bridgehead atoms. The summed E-state index contributed by atoms with van der Waals surface area (Å²) in [5.41, 5.74) is 0. The molecule has 10 heteroatoms. The molecule has 1 saturated heterocycles. The van der Waals surface area contributed by atoms with E-state index in [2.05, 4.69) is 18.9 Å². The van der Waals surface area contributed by atoms with Gasteiger partial charge in [-0.3, -0.25) is 0 Å². The Labute approximate surface area is 93.6 Å². The first-order valence-electron chi connectivity index (χ1n) is 4.08. The van der Waals surface area contributed by atoms with Gasteiger partial charge in [0.25, 0.3) is 12.5 Å². The van der Waals surface area contributed by atoms with Gasteiger partial charge in [0.1, 0.15) is 6.61 Å². The van der Waals surface area contributed by atoms with Crippen molar-refractivity contribution < 1.29 is 47.9 Å². The molecule has 0 amide bonds. The summed E-state index contributed by atoms with van der Waals surface area (Å²) in [7, 11) is 0. The summed E-state index contributed by atoms with van der Waals surface area (Å²) in [5, 5.41) is 17.3. The highest BCUT2D eigenvalue weighted by Gasteiger charge is 2.23. The van der Waals surface area contributed by atoms with Gasteiger partial charge in [0.05, 0.1) is 6.61 Å². The summed E-state index contributed by atoms with van der Waals surface area (Å²) in [6.07, 6.45) is -5.64. The third-order valence-corrected chi connectivity index (χ3v) is 1.09. The zero-order valence-electron chi connectivity index (χ0n) is 8.29. The van der Waals surface area contributed by atoms with Crippen molar-refractivity contribution in [2.24, 2.45) is 0 Å². The maximum absolute atomic E-state index is 11.6. The van der Waals surface area contributed by atoms with Crippen LogP contribution in [0.2, 0.25) is 0 Å². The monoisotopic (exact) mass is 255 g/mol. The minimum atomic E-state index is -1.70. The maximum atomic E-state index is 11.6. The average Bonchev–Trinajstić information content (AvgIpc) is 2.58. The molecule has 9 nitrogen and oxygen atoms in total. The van der Waals surface area contributed by atoms with E-state index in [0.717, 1.165) is 0 Å². The number of ether oxygens (including phenoxy) is 4. The van der Waals surface area contributed by atoms with Crippen LogP contribution in [0.4, 0.5) is 18.8 Å². The molecule has 1 aliphatic heterocycles. The van der Waals surface area contributed by atoms with E-state index in [1.807, 2.05) is 0 Å². The third kappa shape index (κ3) is 10.0.